The van der Waals surface area contributed by atoms with Crippen molar-refractivity contribution in [1.82, 2.24) is 0 Å². The molecule has 2 N–H and O–H groups in total. The van der Waals surface area contributed by atoms with E-state index in [4.69, 9.17) is 9.79 Å². The van der Waals surface area contributed by atoms with Gasteiger partial charge in [0.25, 0.3) is 16.0 Å². The van der Waals surface area contributed by atoms with Crippen LogP contribution in [0.3, 0.4) is 0 Å². The molecule has 0 saturated heterocycles. The molecule has 18 heavy (non-hydrogen) atoms. The van der Waals surface area contributed by atoms with E-state index in [1.165, 1.54) is 0 Å². The predicted molar refractivity (Wildman–Crippen MR) is 48.8 cm³/mol. The van der Waals surface area contributed by atoms with Gasteiger partial charge in [0.15, 0.2) is 6.61 Å². The highest BCUT2D eigenvalue weighted by molar-refractivity contribution is 7.86. The van der Waals surface area contributed by atoms with Crippen LogP contribution in [0.5, 0.6) is 0 Å². The van der Waals surface area contributed by atoms with Crippen molar-refractivity contribution in [2.45, 2.75) is 12.0 Å². The summed E-state index contributed by atoms with van der Waals surface area (Å²) in [5, 5.41) is 0. The van der Waals surface area contributed by atoms with Crippen molar-refractivity contribution in [2.75, 3.05) is 12.9 Å². The van der Waals surface area contributed by atoms with Crippen LogP contribution in [-0.2, 0) is 28.4 Å². The minimum atomic E-state index is -5.45. The monoisotopic (exact) mass is 316 g/mol. The average molecular weight is 316 g/mol. The summed E-state index contributed by atoms with van der Waals surface area (Å²) in [7, 11) is -9.93. The Kier molecular flexibility index (Phi) is 5.32. The van der Waals surface area contributed by atoms with Gasteiger partial charge in [0.05, 0.1) is 6.26 Å². The number of halogens is 3. The molecule has 0 aromatic heterocycles. The molecule has 1 unspecified atom stereocenters. The van der Waals surface area contributed by atoms with Crippen molar-refractivity contribution in [3.05, 3.63) is 0 Å². The second-order valence-corrected chi connectivity index (χ2v) is 6.21. The second-order valence-electron chi connectivity index (χ2n) is 2.96. The second kappa shape index (κ2) is 5.53. The van der Waals surface area contributed by atoms with E-state index in [9.17, 15) is 30.9 Å². The number of carbonyl (C=O) groups excluding carboxylic acids is 1. The van der Waals surface area contributed by atoms with Gasteiger partial charge in [-0.05, 0) is 0 Å². The molecule has 0 heterocycles. The molecule has 0 saturated carbocycles. The van der Waals surface area contributed by atoms with Gasteiger partial charge in [0, 0.05) is 0 Å². The van der Waals surface area contributed by atoms with Crippen molar-refractivity contribution in [2.24, 2.45) is 0 Å². The van der Waals surface area contributed by atoms with Crippen molar-refractivity contribution >= 4 is 23.7 Å². The maximum absolute atomic E-state index is 11.7. The zero-order valence-electron chi connectivity index (χ0n) is 8.62. The van der Waals surface area contributed by atoms with Gasteiger partial charge in [-0.1, -0.05) is 0 Å². The van der Waals surface area contributed by atoms with Gasteiger partial charge < -0.3 is 14.5 Å². The fourth-order valence-electron chi connectivity index (χ4n) is 0.622. The van der Waals surface area contributed by atoms with Gasteiger partial charge in [0.2, 0.25) is 0 Å². The van der Waals surface area contributed by atoms with Gasteiger partial charge in [-0.3, -0.25) is 4.57 Å². The Balaban J connectivity index is 4.90. The van der Waals surface area contributed by atoms with Gasteiger partial charge in [-0.25, -0.2) is 8.98 Å². The lowest BCUT2D eigenvalue weighted by Crippen LogP contribution is -2.31. The Morgan fingerprint density at radius 1 is 1.39 bits per heavy atom. The van der Waals surface area contributed by atoms with Gasteiger partial charge in [-0.15, -0.1) is 0 Å². The highest BCUT2D eigenvalue weighted by Crippen LogP contribution is 2.43. The third-order valence-electron chi connectivity index (χ3n) is 1.15. The summed E-state index contributed by atoms with van der Waals surface area (Å²) in [4.78, 5) is 28.1. The first kappa shape index (κ1) is 17.3. The summed E-state index contributed by atoms with van der Waals surface area (Å²) < 4.78 is 74.1. The first-order valence-corrected chi connectivity index (χ1v) is 7.39. The molecule has 13 heteroatoms. The Hall–Kier alpha value is -0.680. The third kappa shape index (κ3) is 7.61. The summed E-state index contributed by atoms with van der Waals surface area (Å²) in [6, 6.07) is 0. The van der Waals surface area contributed by atoms with Gasteiger partial charge in [-0.2, -0.15) is 21.6 Å². The molecule has 0 radical (unpaired) electrons. The standard InChI is InChI=1S/C5H8F3O8PS/c1-18(13,14)16-4(17(10,11)12)3(9)15-2-5(6,7)8/h4H,2H2,1H3,(H2,10,11,12). The van der Waals surface area contributed by atoms with Crippen LogP contribution in [0.15, 0.2) is 0 Å². The molecule has 0 aliphatic heterocycles. The number of ether oxygens (including phenoxy) is 1. The number of alkyl halides is 3. The number of hydrogen-bond donors (Lipinski definition) is 2. The molecule has 0 aromatic carbocycles. The largest absolute Gasteiger partial charge is 0.454 e. The fourth-order valence-corrected chi connectivity index (χ4v) is 2.30. The average Bonchev–Trinajstić information content (AvgIpc) is 2.06. The van der Waals surface area contributed by atoms with Crippen molar-refractivity contribution < 1.29 is 49.7 Å². The molecule has 0 aliphatic carbocycles. The van der Waals surface area contributed by atoms with Crippen LogP contribution in [0, 0.1) is 0 Å². The van der Waals surface area contributed by atoms with Crippen molar-refractivity contribution in [3.63, 3.8) is 0 Å². The normalized spacial score (nSPS) is 15.2. The summed E-state index contributed by atoms with van der Waals surface area (Å²) in [5.74, 6) is -5.10. The van der Waals surface area contributed by atoms with Crippen LogP contribution in [0.1, 0.15) is 0 Å². The van der Waals surface area contributed by atoms with E-state index >= 15 is 0 Å². The number of hydrogen-bond acceptors (Lipinski definition) is 6. The molecule has 0 aromatic rings. The first-order chi connectivity index (χ1) is 7.72. The SMILES string of the molecule is CS(=O)(=O)OC(C(=O)OCC(F)(F)F)P(=O)(O)O. The Morgan fingerprint density at radius 2 is 1.83 bits per heavy atom. The quantitative estimate of drug-likeness (QED) is 0.397. The van der Waals surface area contributed by atoms with Crippen LogP contribution in [0.4, 0.5) is 13.2 Å². The molecule has 108 valence electrons. The highest BCUT2D eigenvalue weighted by atomic mass is 32.2. The molecule has 1 atom stereocenters. The zero-order chi connectivity index (χ0) is 14.8. The number of carbonyl (C=O) groups is 1. The summed E-state index contributed by atoms with van der Waals surface area (Å²) in [6.07, 6.45) is -4.58. The van der Waals surface area contributed by atoms with Crippen LogP contribution >= 0.6 is 7.60 Å². The molecule has 0 spiro atoms. The molecule has 0 amide bonds. The Labute approximate surface area is 99.0 Å². The molecular formula is C5H8F3O8PS. The van der Waals surface area contributed by atoms with E-state index in [1.54, 1.807) is 0 Å². The maximum atomic E-state index is 11.7. The van der Waals surface area contributed by atoms with Crippen molar-refractivity contribution in [3.8, 4) is 0 Å². The number of rotatable bonds is 5. The van der Waals surface area contributed by atoms with Gasteiger partial charge >= 0.3 is 19.7 Å². The first-order valence-electron chi connectivity index (χ1n) is 3.89. The highest BCUT2D eigenvalue weighted by Gasteiger charge is 2.43. The Bertz CT molecular complexity index is 450. The predicted octanol–water partition coefficient (Wildman–Crippen LogP) is -0.428. The Morgan fingerprint density at radius 3 is 2.11 bits per heavy atom. The van der Waals surface area contributed by atoms with Gasteiger partial charge in [0.1, 0.15) is 0 Å². The molecular weight excluding hydrogens is 308 g/mol. The lowest BCUT2D eigenvalue weighted by Gasteiger charge is -2.16. The third-order valence-corrected chi connectivity index (χ3v) is 2.76. The van der Waals surface area contributed by atoms with Crippen LogP contribution in [-0.4, -0.2) is 49.1 Å². The molecule has 0 bridgehead atoms. The number of esters is 1. The molecule has 0 aliphatic rings. The van der Waals surface area contributed by atoms with Crippen molar-refractivity contribution in [1.29, 1.82) is 0 Å². The summed E-state index contributed by atoms with van der Waals surface area (Å²) >= 11 is 0. The zero-order valence-corrected chi connectivity index (χ0v) is 10.3. The maximum Gasteiger partial charge on any atom is 0.422 e. The summed E-state index contributed by atoms with van der Waals surface area (Å²) in [5.41, 5.74) is 0. The molecule has 8 nitrogen and oxygen atoms in total. The minimum absolute atomic E-state index is 0.354. The van der Waals surface area contributed by atoms with Crippen LogP contribution in [0.25, 0.3) is 0 Å². The van der Waals surface area contributed by atoms with Crippen LogP contribution in [0.2, 0.25) is 0 Å². The summed E-state index contributed by atoms with van der Waals surface area (Å²) in [6.45, 7) is -2.13. The van der Waals surface area contributed by atoms with E-state index in [1.807, 2.05) is 0 Å². The van der Waals surface area contributed by atoms with E-state index < -0.39 is 42.3 Å². The topological polar surface area (TPSA) is 127 Å². The van der Waals surface area contributed by atoms with E-state index in [-0.39, 0.29) is 0 Å². The minimum Gasteiger partial charge on any atom is -0.454 e. The fraction of sp³-hybridized carbons (Fsp3) is 0.800. The van der Waals surface area contributed by atoms with E-state index in [2.05, 4.69) is 8.92 Å². The van der Waals surface area contributed by atoms with Crippen LogP contribution < -0.4 is 0 Å². The van der Waals surface area contributed by atoms with E-state index in [0.29, 0.717) is 6.26 Å². The lowest BCUT2D eigenvalue weighted by molar-refractivity contribution is -0.189. The lowest BCUT2D eigenvalue weighted by atomic mass is 10.6. The smallest absolute Gasteiger partial charge is 0.422 e. The molecule has 0 rings (SSSR count). The van der Waals surface area contributed by atoms with E-state index in [0.717, 1.165) is 0 Å². The molecule has 0 fully saturated rings.